The van der Waals surface area contributed by atoms with Crippen molar-refractivity contribution in [2.24, 2.45) is 0 Å². The van der Waals surface area contributed by atoms with Crippen molar-refractivity contribution >= 4 is 28.7 Å². The van der Waals surface area contributed by atoms with E-state index in [1.54, 1.807) is 6.07 Å². The Balaban J connectivity index is 2.72. The number of nitrogens with two attached hydrogens (primary N) is 2. The Hall–Kier alpha value is -2.41. The molecule has 0 spiro atoms. The highest BCUT2D eigenvalue weighted by atomic mass is 35.5. The number of rotatable bonds is 4. The summed E-state index contributed by atoms with van der Waals surface area (Å²) in [6.07, 6.45) is 1.55. The number of hydrogen-bond donors (Lipinski definition) is 2. The molecule has 0 aliphatic heterocycles. The number of halogens is 1. The van der Waals surface area contributed by atoms with E-state index in [0.717, 1.165) is 6.42 Å². The maximum atomic E-state index is 11.2. The molecule has 0 saturated carbocycles. The summed E-state index contributed by atoms with van der Waals surface area (Å²) < 4.78 is 0. The smallest absolute Gasteiger partial charge is 0.305 e. The molecule has 110 valence electrons. The molecule has 21 heavy (non-hydrogen) atoms. The lowest BCUT2D eigenvalue weighted by molar-refractivity contribution is -0.383. The first-order valence-electron chi connectivity index (χ1n) is 6.30. The molecule has 0 aliphatic rings. The van der Waals surface area contributed by atoms with E-state index in [4.69, 9.17) is 23.1 Å². The highest BCUT2D eigenvalue weighted by Crippen LogP contribution is 2.38. The van der Waals surface area contributed by atoms with E-state index < -0.39 is 4.92 Å². The zero-order valence-corrected chi connectivity index (χ0v) is 12.1. The summed E-state index contributed by atoms with van der Waals surface area (Å²) in [5.41, 5.74) is 12.2. The minimum absolute atomic E-state index is 0.00446. The lowest BCUT2D eigenvalue weighted by Gasteiger charge is -2.09. The number of hydrogen-bond acceptors (Lipinski definition) is 6. The SMILES string of the molecule is CCCc1cc(Cl)nc(-c2c(N)ccc(N)c2[N+](=O)[O-])n1. The van der Waals surface area contributed by atoms with E-state index >= 15 is 0 Å². The first kappa shape index (κ1) is 15.0. The third kappa shape index (κ3) is 3.03. The summed E-state index contributed by atoms with van der Waals surface area (Å²) in [4.78, 5) is 19.0. The van der Waals surface area contributed by atoms with Gasteiger partial charge < -0.3 is 11.5 Å². The molecule has 0 amide bonds. The average Bonchev–Trinajstić information content (AvgIpc) is 2.40. The Morgan fingerprint density at radius 1 is 1.29 bits per heavy atom. The van der Waals surface area contributed by atoms with Crippen LogP contribution in [0.25, 0.3) is 11.4 Å². The van der Waals surface area contributed by atoms with Crippen molar-refractivity contribution in [3.8, 4) is 11.4 Å². The van der Waals surface area contributed by atoms with Crippen molar-refractivity contribution < 1.29 is 4.92 Å². The summed E-state index contributed by atoms with van der Waals surface area (Å²) in [5.74, 6) is 0.113. The number of nitrogen functional groups attached to an aromatic ring is 2. The van der Waals surface area contributed by atoms with Gasteiger partial charge in [0.05, 0.1) is 4.92 Å². The van der Waals surface area contributed by atoms with Crippen molar-refractivity contribution in [1.82, 2.24) is 9.97 Å². The van der Waals surface area contributed by atoms with Gasteiger partial charge in [-0.3, -0.25) is 10.1 Å². The predicted octanol–water partition coefficient (Wildman–Crippen LogP) is 2.82. The molecule has 0 unspecified atom stereocenters. The van der Waals surface area contributed by atoms with E-state index in [-0.39, 0.29) is 33.6 Å². The number of aromatic nitrogens is 2. The van der Waals surface area contributed by atoms with Gasteiger partial charge in [-0.2, -0.15) is 0 Å². The second kappa shape index (κ2) is 5.92. The van der Waals surface area contributed by atoms with Crippen molar-refractivity contribution in [3.63, 3.8) is 0 Å². The lowest BCUT2D eigenvalue weighted by Crippen LogP contribution is -2.05. The fourth-order valence-electron chi connectivity index (χ4n) is 2.01. The Morgan fingerprint density at radius 2 is 1.95 bits per heavy atom. The third-order valence-corrected chi connectivity index (χ3v) is 3.10. The van der Waals surface area contributed by atoms with Gasteiger partial charge in [0.25, 0.3) is 0 Å². The molecular formula is C13H14ClN5O2. The minimum atomic E-state index is -0.592. The molecule has 0 bridgehead atoms. The van der Waals surface area contributed by atoms with Crippen molar-refractivity contribution in [2.75, 3.05) is 11.5 Å². The number of nitro benzene ring substituents is 1. The first-order valence-corrected chi connectivity index (χ1v) is 6.68. The van der Waals surface area contributed by atoms with Crippen LogP contribution in [0.2, 0.25) is 5.15 Å². The molecule has 0 radical (unpaired) electrons. The molecule has 1 heterocycles. The largest absolute Gasteiger partial charge is 0.398 e. The van der Waals surface area contributed by atoms with E-state index in [1.807, 2.05) is 6.92 Å². The van der Waals surface area contributed by atoms with Crippen LogP contribution in [-0.4, -0.2) is 14.9 Å². The summed E-state index contributed by atoms with van der Waals surface area (Å²) in [6.45, 7) is 1.99. The molecule has 0 saturated heterocycles. The topological polar surface area (TPSA) is 121 Å². The van der Waals surface area contributed by atoms with Gasteiger partial charge in [0, 0.05) is 11.4 Å². The van der Waals surface area contributed by atoms with Crippen LogP contribution in [0, 0.1) is 10.1 Å². The quantitative estimate of drug-likeness (QED) is 0.387. The van der Waals surface area contributed by atoms with Crippen LogP contribution in [0.3, 0.4) is 0 Å². The van der Waals surface area contributed by atoms with Gasteiger partial charge in [0.2, 0.25) is 0 Å². The predicted molar refractivity (Wildman–Crippen MR) is 82.0 cm³/mol. The zero-order chi connectivity index (χ0) is 15.6. The van der Waals surface area contributed by atoms with Gasteiger partial charge in [0.15, 0.2) is 5.82 Å². The molecule has 2 aromatic rings. The Kier molecular flexibility index (Phi) is 4.23. The number of anilines is 2. The lowest BCUT2D eigenvalue weighted by atomic mass is 10.1. The van der Waals surface area contributed by atoms with E-state index in [2.05, 4.69) is 9.97 Å². The van der Waals surface area contributed by atoms with E-state index in [9.17, 15) is 10.1 Å². The molecule has 2 rings (SSSR count). The van der Waals surface area contributed by atoms with Gasteiger partial charge in [-0.1, -0.05) is 24.9 Å². The normalized spacial score (nSPS) is 10.6. The second-order valence-corrected chi connectivity index (χ2v) is 4.87. The highest BCUT2D eigenvalue weighted by molar-refractivity contribution is 6.29. The van der Waals surface area contributed by atoms with Crippen LogP contribution in [0.15, 0.2) is 18.2 Å². The maximum Gasteiger partial charge on any atom is 0.305 e. The van der Waals surface area contributed by atoms with Crippen molar-refractivity contribution in [1.29, 1.82) is 0 Å². The maximum absolute atomic E-state index is 11.2. The van der Waals surface area contributed by atoms with Crippen LogP contribution >= 0.6 is 11.6 Å². The first-order chi connectivity index (χ1) is 9.93. The van der Waals surface area contributed by atoms with Crippen LogP contribution < -0.4 is 11.5 Å². The highest BCUT2D eigenvalue weighted by Gasteiger charge is 2.24. The molecule has 1 aromatic heterocycles. The van der Waals surface area contributed by atoms with Crippen LogP contribution in [0.5, 0.6) is 0 Å². The number of benzene rings is 1. The molecular weight excluding hydrogens is 294 g/mol. The molecule has 4 N–H and O–H groups in total. The van der Waals surface area contributed by atoms with E-state index in [0.29, 0.717) is 12.1 Å². The monoisotopic (exact) mass is 307 g/mol. The van der Waals surface area contributed by atoms with Crippen molar-refractivity contribution in [3.05, 3.63) is 39.2 Å². The fraction of sp³-hybridized carbons (Fsp3) is 0.231. The van der Waals surface area contributed by atoms with Crippen LogP contribution in [-0.2, 0) is 6.42 Å². The molecule has 0 aliphatic carbocycles. The van der Waals surface area contributed by atoms with Gasteiger partial charge >= 0.3 is 5.69 Å². The average molecular weight is 308 g/mol. The third-order valence-electron chi connectivity index (χ3n) is 2.90. The molecule has 7 nitrogen and oxygen atoms in total. The van der Waals surface area contributed by atoms with Gasteiger partial charge in [-0.15, -0.1) is 0 Å². The number of nitrogens with zero attached hydrogens (tertiary/aromatic N) is 3. The van der Waals surface area contributed by atoms with Gasteiger partial charge in [0.1, 0.15) is 16.4 Å². The standard InChI is InChI=1S/C13H14ClN5O2/c1-2-3-7-6-10(14)18-13(17-7)11-8(15)4-5-9(16)12(11)19(20)21/h4-6H,2-3,15-16H2,1H3. The van der Waals surface area contributed by atoms with Gasteiger partial charge in [-0.05, 0) is 24.6 Å². The Morgan fingerprint density at radius 3 is 2.57 bits per heavy atom. The van der Waals surface area contributed by atoms with Crippen molar-refractivity contribution in [2.45, 2.75) is 19.8 Å². The second-order valence-electron chi connectivity index (χ2n) is 4.48. The minimum Gasteiger partial charge on any atom is -0.398 e. The zero-order valence-electron chi connectivity index (χ0n) is 11.3. The van der Waals surface area contributed by atoms with Crippen LogP contribution in [0.1, 0.15) is 19.0 Å². The molecule has 8 heteroatoms. The van der Waals surface area contributed by atoms with E-state index in [1.165, 1.54) is 12.1 Å². The molecule has 0 fully saturated rings. The summed E-state index contributed by atoms with van der Waals surface area (Å²) in [6, 6.07) is 4.50. The molecule has 1 aromatic carbocycles. The Labute approximate surface area is 126 Å². The molecule has 0 atom stereocenters. The summed E-state index contributed by atoms with van der Waals surface area (Å²) in [5, 5.41) is 11.5. The number of nitro groups is 1. The fourth-order valence-corrected chi connectivity index (χ4v) is 2.22. The van der Waals surface area contributed by atoms with Crippen LogP contribution in [0.4, 0.5) is 17.1 Å². The van der Waals surface area contributed by atoms with Gasteiger partial charge in [-0.25, -0.2) is 9.97 Å². The summed E-state index contributed by atoms with van der Waals surface area (Å²) in [7, 11) is 0. The number of aryl methyl sites for hydroxylation is 1. The Bertz CT molecular complexity index is 705. The summed E-state index contributed by atoms with van der Waals surface area (Å²) >= 11 is 5.97.